The monoisotopic (exact) mass is 1140 g/mol. The standard InChI is InChI=1S/C30H22F3N7O2S.C30H23F3N6O/c1-17-6-7-18(13-20(17)14-25-36-12-10-23(38-25)19-5-4-11-35-16-19)27(41)37-21-8-9-24(22(15-21)30(31,32)33)40(3)29-26(34-2)28(42)39-43-29;1-3-28-36-13-14-39(28)26-9-8-23(17-24(26)30(31,32)33)37-29(40)20-7-6-19(2)22(15-20)16-27-35-12-10-25(38-27)21-5-4-11-34-18-21/h4-13,15-16H,14H2,1,3H3,(H,37,41)(H,39,42);3-15,17-18H,1,16H2,2H3,(H,37,40). The molecule has 0 aliphatic heterocycles. The summed E-state index contributed by atoms with van der Waals surface area (Å²) in [7, 11) is 1.33. The van der Waals surface area contributed by atoms with Crippen LogP contribution in [0.15, 0.2) is 170 Å². The molecule has 0 spiro atoms. The van der Waals surface area contributed by atoms with E-state index in [0.29, 0.717) is 35.7 Å². The van der Waals surface area contributed by atoms with Gasteiger partial charge in [0.1, 0.15) is 22.5 Å². The Morgan fingerprint density at radius 2 is 1.23 bits per heavy atom. The number of nitrogens with zero attached hydrogens (tertiary/aromatic N) is 10. The van der Waals surface area contributed by atoms with Crippen LogP contribution in [0.1, 0.15) is 71.6 Å². The average molecular weight is 1140 g/mol. The van der Waals surface area contributed by atoms with Crippen molar-refractivity contribution < 1.29 is 35.9 Å². The molecular weight excluding hydrogens is 1100 g/mol. The van der Waals surface area contributed by atoms with E-state index in [2.05, 4.69) is 61.3 Å². The van der Waals surface area contributed by atoms with Gasteiger partial charge >= 0.3 is 12.4 Å². The molecule has 0 atom stereocenters. The van der Waals surface area contributed by atoms with Crippen molar-refractivity contribution in [1.82, 2.24) is 43.8 Å². The number of hydrogen-bond donors (Lipinski definition) is 3. The minimum Gasteiger partial charge on any atom is -0.343 e. The summed E-state index contributed by atoms with van der Waals surface area (Å²) in [5, 5.41) is 5.18. The molecule has 0 saturated carbocycles. The van der Waals surface area contributed by atoms with Crippen LogP contribution in [0.5, 0.6) is 0 Å². The number of benzene rings is 4. The number of amides is 2. The van der Waals surface area contributed by atoms with Crippen LogP contribution in [-0.4, -0.2) is 62.7 Å². The van der Waals surface area contributed by atoms with Crippen LogP contribution in [0.25, 0.3) is 39.1 Å². The number of anilines is 4. The van der Waals surface area contributed by atoms with Gasteiger partial charge in [-0.05, 0) is 139 Å². The van der Waals surface area contributed by atoms with E-state index in [-0.39, 0.29) is 44.8 Å². The summed E-state index contributed by atoms with van der Waals surface area (Å²) in [5.41, 5.74) is 3.68. The van der Waals surface area contributed by atoms with Crippen LogP contribution < -0.4 is 21.1 Å². The molecule has 2 amide bonds. The average Bonchev–Trinajstić information content (AvgIpc) is 4.34. The molecule has 0 aliphatic carbocycles. The summed E-state index contributed by atoms with van der Waals surface area (Å²) in [4.78, 5) is 72.6. The number of H-pyrrole nitrogens is 1. The molecule has 0 saturated heterocycles. The van der Waals surface area contributed by atoms with E-state index >= 15 is 0 Å². The number of aromatic amines is 1. The van der Waals surface area contributed by atoms with Gasteiger partial charge in [0.05, 0.1) is 40.5 Å². The lowest BCUT2D eigenvalue weighted by atomic mass is 10.0. The number of hydrogen-bond acceptors (Lipinski definition) is 12. The first kappa shape index (κ1) is 57.2. The molecule has 4 aromatic carbocycles. The van der Waals surface area contributed by atoms with Gasteiger partial charge in [-0.1, -0.05) is 30.2 Å². The SMILES string of the molecule is C=Cc1nccn1-c1ccc(NC(=O)c2ccc(C)c(Cc3nccc(-c4cccnc4)n3)c2)cc1C(F)(F)F.[C-]#[N+]c1c(N(C)c2ccc(NC(=O)c3ccc(C)c(Cc4nccc(-c5cccnc5)n4)c3)cc2C(F)(F)F)s[nH]c1=O. The van der Waals surface area contributed by atoms with E-state index in [1.54, 1.807) is 85.7 Å². The topological polar surface area (TPSA) is 194 Å². The fourth-order valence-electron chi connectivity index (χ4n) is 8.65. The first-order valence-electron chi connectivity index (χ1n) is 25.0. The first-order valence-corrected chi connectivity index (χ1v) is 25.8. The third-order valence-electron chi connectivity index (χ3n) is 12.9. The molecule has 416 valence electrons. The molecule has 6 aromatic heterocycles. The number of aromatic nitrogens is 9. The summed E-state index contributed by atoms with van der Waals surface area (Å²) in [6, 6.07) is 28.1. The Morgan fingerprint density at radius 1 is 0.699 bits per heavy atom. The third kappa shape index (κ3) is 13.4. The Morgan fingerprint density at radius 3 is 1.72 bits per heavy atom. The highest BCUT2D eigenvalue weighted by Crippen LogP contribution is 2.43. The van der Waals surface area contributed by atoms with E-state index in [1.807, 2.05) is 38.1 Å². The first-order chi connectivity index (χ1) is 39.8. The van der Waals surface area contributed by atoms with Crippen molar-refractivity contribution >= 4 is 57.2 Å². The summed E-state index contributed by atoms with van der Waals surface area (Å²) >= 11 is 0.763. The van der Waals surface area contributed by atoms with Crippen molar-refractivity contribution in [2.75, 3.05) is 22.6 Å². The summed E-state index contributed by atoms with van der Waals surface area (Å²) in [6.45, 7) is 14.6. The summed E-state index contributed by atoms with van der Waals surface area (Å²) in [5.74, 6) is 0.224. The van der Waals surface area contributed by atoms with Crippen molar-refractivity contribution in [2.45, 2.75) is 39.0 Å². The van der Waals surface area contributed by atoms with Gasteiger partial charge in [0.25, 0.3) is 23.1 Å². The minimum atomic E-state index is -4.79. The number of alkyl halides is 6. The van der Waals surface area contributed by atoms with Crippen molar-refractivity contribution in [3.63, 3.8) is 0 Å². The Hall–Kier alpha value is -10.5. The maximum atomic E-state index is 14.1. The molecule has 10 aromatic rings. The van der Waals surface area contributed by atoms with E-state index < -0.39 is 40.9 Å². The van der Waals surface area contributed by atoms with E-state index in [0.717, 1.165) is 67.6 Å². The van der Waals surface area contributed by atoms with Gasteiger partial charge in [-0.3, -0.25) is 33.3 Å². The lowest BCUT2D eigenvalue weighted by Gasteiger charge is -2.23. The van der Waals surface area contributed by atoms with Crippen molar-refractivity contribution in [1.29, 1.82) is 0 Å². The number of pyridine rings is 2. The zero-order valence-corrected chi connectivity index (χ0v) is 44.9. The number of nitrogens with one attached hydrogen (secondary N) is 3. The van der Waals surface area contributed by atoms with E-state index in [1.165, 1.54) is 54.3 Å². The molecule has 3 N–H and O–H groups in total. The zero-order chi connectivity index (χ0) is 59.0. The van der Waals surface area contributed by atoms with E-state index in [9.17, 15) is 40.7 Å². The van der Waals surface area contributed by atoms with Crippen LogP contribution in [-0.2, 0) is 25.2 Å². The molecule has 6 heterocycles. The quantitative estimate of drug-likeness (QED) is 0.0693. The van der Waals surface area contributed by atoms with Gasteiger partial charge < -0.3 is 15.5 Å². The number of halogens is 6. The van der Waals surface area contributed by atoms with Gasteiger partial charge in [0.15, 0.2) is 0 Å². The summed E-state index contributed by atoms with van der Waals surface area (Å²) in [6.07, 6.45) is 5.50. The molecule has 0 aliphatic rings. The maximum absolute atomic E-state index is 14.1. The highest BCUT2D eigenvalue weighted by Gasteiger charge is 2.37. The molecule has 23 heteroatoms. The van der Waals surface area contributed by atoms with Crippen LogP contribution in [0, 0.1) is 20.4 Å². The Balaban J connectivity index is 0.000000200. The van der Waals surface area contributed by atoms with Crippen LogP contribution in [0.4, 0.5) is 54.1 Å². The van der Waals surface area contributed by atoms with Crippen LogP contribution >= 0.6 is 11.5 Å². The number of carbonyl (C=O) groups is 2. The maximum Gasteiger partial charge on any atom is 0.418 e. The predicted octanol–water partition coefficient (Wildman–Crippen LogP) is 13.3. The lowest BCUT2D eigenvalue weighted by Crippen LogP contribution is -2.18. The molecular formula is C60H45F6N13O3S. The zero-order valence-electron chi connectivity index (χ0n) is 44.1. The number of rotatable bonds is 14. The number of imidazole rings is 1. The fourth-order valence-corrected chi connectivity index (χ4v) is 9.41. The van der Waals surface area contributed by atoms with Gasteiger partial charge in [0.2, 0.25) is 0 Å². The van der Waals surface area contributed by atoms with Crippen molar-refractivity contribution in [3.05, 3.63) is 249 Å². The highest BCUT2D eigenvalue weighted by atomic mass is 32.1. The molecule has 10 rings (SSSR count). The van der Waals surface area contributed by atoms with Gasteiger partial charge in [0, 0.05) is 103 Å². The second-order valence-electron chi connectivity index (χ2n) is 18.4. The van der Waals surface area contributed by atoms with E-state index in [4.69, 9.17) is 6.57 Å². The largest absolute Gasteiger partial charge is 0.418 e. The minimum absolute atomic E-state index is 0.0102. The fraction of sp³-hybridized carbons (Fsp3) is 0.117. The number of aryl methyl sites for hydroxylation is 2. The van der Waals surface area contributed by atoms with Gasteiger partial charge in [-0.25, -0.2) is 29.8 Å². The van der Waals surface area contributed by atoms with Crippen molar-refractivity contribution in [2.24, 2.45) is 0 Å². The molecule has 16 nitrogen and oxygen atoms in total. The molecule has 0 radical (unpaired) electrons. The molecule has 0 unspecified atom stereocenters. The Bertz CT molecular complexity index is 4140. The molecule has 0 fully saturated rings. The third-order valence-corrected chi connectivity index (χ3v) is 13.9. The smallest absolute Gasteiger partial charge is 0.343 e. The molecule has 83 heavy (non-hydrogen) atoms. The van der Waals surface area contributed by atoms with Gasteiger partial charge in [-0.15, -0.1) is 0 Å². The Labute approximate surface area is 474 Å². The normalized spacial score (nSPS) is 11.2. The lowest BCUT2D eigenvalue weighted by molar-refractivity contribution is -0.138. The second kappa shape index (κ2) is 24.5. The number of carbonyl (C=O) groups excluding carboxylic acids is 2. The van der Waals surface area contributed by atoms with Crippen LogP contribution in [0.2, 0.25) is 0 Å². The van der Waals surface area contributed by atoms with Crippen LogP contribution in [0.3, 0.4) is 0 Å². The van der Waals surface area contributed by atoms with Gasteiger partial charge in [-0.2, -0.15) is 26.3 Å². The second-order valence-corrected chi connectivity index (χ2v) is 19.2. The Kier molecular flexibility index (Phi) is 16.9. The van der Waals surface area contributed by atoms with Crippen molar-refractivity contribution in [3.8, 4) is 28.2 Å². The highest BCUT2D eigenvalue weighted by molar-refractivity contribution is 7.11. The summed E-state index contributed by atoms with van der Waals surface area (Å²) < 4.78 is 87.9. The predicted molar refractivity (Wildman–Crippen MR) is 304 cm³/mol. The molecule has 0 bridgehead atoms.